The first-order chi connectivity index (χ1) is 10.1. The number of methoxy groups -OCH3 is 2. The van der Waals surface area contributed by atoms with Crippen LogP contribution < -0.4 is 9.47 Å². The van der Waals surface area contributed by atoms with Gasteiger partial charge in [-0.1, -0.05) is 12.0 Å². The molecule has 21 heavy (non-hydrogen) atoms. The van der Waals surface area contributed by atoms with Crippen LogP contribution in [0.2, 0.25) is 0 Å². The van der Waals surface area contributed by atoms with Gasteiger partial charge in [-0.25, -0.2) is 4.79 Å². The van der Waals surface area contributed by atoms with Gasteiger partial charge >= 0.3 is 5.97 Å². The summed E-state index contributed by atoms with van der Waals surface area (Å²) in [5.74, 6) is 0.688. The molecule has 0 heterocycles. The summed E-state index contributed by atoms with van der Waals surface area (Å²) in [6, 6.07) is 5.71. The Balaban J connectivity index is 2.31. The molecule has 0 bridgehead atoms. The number of hydrogen-bond donors (Lipinski definition) is 1. The van der Waals surface area contributed by atoms with Crippen molar-refractivity contribution in [1.29, 1.82) is 0 Å². The third-order valence-electron chi connectivity index (χ3n) is 3.92. The molecule has 0 saturated carbocycles. The van der Waals surface area contributed by atoms with Crippen molar-refractivity contribution in [1.82, 2.24) is 0 Å². The first-order valence-electron chi connectivity index (χ1n) is 7.30. The number of ether oxygens (including phenoxy) is 2. The van der Waals surface area contributed by atoms with Gasteiger partial charge in [-0.3, -0.25) is 0 Å². The Morgan fingerprint density at radius 3 is 2.24 bits per heavy atom. The zero-order valence-corrected chi connectivity index (χ0v) is 12.6. The molecule has 4 nitrogen and oxygen atoms in total. The highest BCUT2D eigenvalue weighted by Crippen LogP contribution is 2.29. The molecular formula is C17H22O4. The fraction of sp³-hybridized carbons (Fsp3) is 0.471. The molecule has 0 spiro atoms. The zero-order valence-electron chi connectivity index (χ0n) is 12.6. The average Bonchev–Trinajstić information content (AvgIpc) is 2.72. The largest absolute Gasteiger partial charge is 0.497 e. The Morgan fingerprint density at radius 1 is 1.05 bits per heavy atom. The summed E-state index contributed by atoms with van der Waals surface area (Å²) in [6.07, 6.45) is 5.31. The van der Waals surface area contributed by atoms with Crippen molar-refractivity contribution >= 4 is 5.97 Å². The van der Waals surface area contributed by atoms with E-state index in [9.17, 15) is 9.90 Å². The van der Waals surface area contributed by atoms with Gasteiger partial charge in [0.1, 0.15) is 11.5 Å². The van der Waals surface area contributed by atoms with E-state index in [0.717, 1.165) is 48.3 Å². The summed E-state index contributed by atoms with van der Waals surface area (Å²) < 4.78 is 10.5. The predicted octanol–water partition coefficient (Wildman–Crippen LogP) is 3.59. The Morgan fingerprint density at radius 2 is 1.67 bits per heavy atom. The van der Waals surface area contributed by atoms with E-state index in [1.165, 1.54) is 0 Å². The fourth-order valence-corrected chi connectivity index (χ4v) is 2.81. The quantitative estimate of drug-likeness (QED) is 0.900. The number of carbonyl (C=O) groups is 1. The van der Waals surface area contributed by atoms with Crippen LogP contribution in [0.15, 0.2) is 29.3 Å². The lowest BCUT2D eigenvalue weighted by molar-refractivity contribution is -0.132. The zero-order chi connectivity index (χ0) is 15.2. The number of allylic oxidation sites excluding steroid dienone is 1. The first kappa shape index (κ1) is 15.4. The maximum absolute atomic E-state index is 11.4. The van der Waals surface area contributed by atoms with Gasteiger partial charge in [0, 0.05) is 11.6 Å². The molecule has 1 aliphatic rings. The second kappa shape index (κ2) is 7.16. The third kappa shape index (κ3) is 4.00. The van der Waals surface area contributed by atoms with Crippen LogP contribution in [0.4, 0.5) is 0 Å². The molecule has 0 atom stereocenters. The highest BCUT2D eigenvalue weighted by Gasteiger charge is 2.17. The average molecular weight is 290 g/mol. The van der Waals surface area contributed by atoms with E-state index in [1.807, 2.05) is 18.2 Å². The second-order valence-corrected chi connectivity index (χ2v) is 5.35. The molecule has 0 amide bonds. The van der Waals surface area contributed by atoms with Crippen LogP contribution in [0.1, 0.15) is 37.7 Å². The minimum atomic E-state index is -0.776. The van der Waals surface area contributed by atoms with Crippen molar-refractivity contribution in [3.8, 4) is 11.5 Å². The van der Waals surface area contributed by atoms with E-state index in [2.05, 4.69) is 0 Å². The maximum atomic E-state index is 11.4. The number of carboxylic acids is 1. The fourth-order valence-electron chi connectivity index (χ4n) is 2.81. The van der Waals surface area contributed by atoms with Crippen molar-refractivity contribution in [3.05, 3.63) is 34.9 Å². The molecule has 0 aromatic heterocycles. The van der Waals surface area contributed by atoms with Crippen molar-refractivity contribution in [2.75, 3.05) is 14.2 Å². The van der Waals surface area contributed by atoms with Gasteiger partial charge in [0.2, 0.25) is 0 Å². The number of benzene rings is 1. The van der Waals surface area contributed by atoms with Gasteiger partial charge in [0.15, 0.2) is 0 Å². The van der Waals surface area contributed by atoms with Crippen LogP contribution in [0.3, 0.4) is 0 Å². The van der Waals surface area contributed by atoms with Crippen LogP contribution in [-0.2, 0) is 11.2 Å². The summed E-state index contributed by atoms with van der Waals surface area (Å²) in [5.41, 5.74) is 2.66. The molecule has 1 aliphatic carbocycles. The van der Waals surface area contributed by atoms with Crippen LogP contribution in [0.5, 0.6) is 11.5 Å². The Hall–Kier alpha value is -1.97. The lowest BCUT2D eigenvalue weighted by atomic mass is 9.96. The Kier molecular flexibility index (Phi) is 5.26. The minimum Gasteiger partial charge on any atom is -0.497 e. The molecule has 1 N–H and O–H groups in total. The number of aliphatic carboxylic acids is 1. The molecular weight excluding hydrogens is 268 g/mol. The summed E-state index contributed by atoms with van der Waals surface area (Å²) in [5, 5.41) is 9.41. The number of carboxylic acid groups (broad SMARTS) is 1. The van der Waals surface area contributed by atoms with E-state index in [0.29, 0.717) is 18.4 Å². The highest BCUT2D eigenvalue weighted by atomic mass is 16.5. The summed E-state index contributed by atoms with van der Waals surface area (Å²) in [4.78, 5) is 11.4. The van der Waals surface area contributed by atoms with Crippen molar-refractivity contribution in [2.24, 2.45) is 0 Å². The van der Waals surface area contributed by atoms with E-state index >= 15 is 0 Å². The van der Waals surface area contributed by atoms with Crippen LogP contribution in [0, 0.1) is 0 Å². The van der Waals surface area contributed by atoms with Crippen molar-refractivity contribution < 1.29 is 19.4 Å². The molecule has 0 aliphatic heterocycles. The lowest BCUT2D eigenvalue weighted by Gasteiger charge is -2.12. The molecule has 1 aromatic carbocycles. The second-order valence-electron chi connectivity index (χ2n) is 5.35. The molecule has 2 rings (SSSR count). The van der Waals surface area contributed by atoms with E-state index in [1.54, 1.807) is 14.2 Å². The van der Waals surface area contributed by atoms with Gasteiger partial charge < -0.3 is 14.6 Å². The van der Waals surface area contributed by atoms with Gasteiger partial charge in [-0.15, -0.1) is 0 Å². The molecule has 0 radical (unpaired) electrons. The van der Waals surface area contributed by atoms with Crippen LogP contribution >= 0.6 is 0 Å². The minimum absolute atomic E-state index is 0.592. The smallest absolute Gasteiger partial charge is 0.331 e. The first-order valence-corrected chi connectivity index (χ1v) is 7.30. The normalized spacial score (nSPS) is 15.5. The van der Waals surface area contributed by atoms with Crippen molar-refractivity contribution in [3.63, 3.8) is 0 Å². The number of rotatable bonds is 5. The molecule has 0 unspecified atom stereocenters. The molecule has 4 heteroatoms. The Labute approximate surface area is 125 Å². The van der Waals surface area contributed by atoms with E-state index < -0.39 is 5.97 Å². The summed E-state index contributed by atoms with van der Waals surface area (Å²) >= 11 is 0. The van der Waals surface area contributed by atoms with E-state index in [4.69, 9.17) is 9.47 Å². The summed E-state index contributed by atoms with van der Waals surface area (Å²) in [7, 11) is 3.23. The van der Waals surface area contributed by atoms with E-state index in [-0.39, 0.29) is 0 Å². The third-order valence-corrected chi connectivity index (χ3v) is 3.92. The van der Waals surface area contributed by atoms with Gasteiger partial charge in [-0.05, 0) is 49.8 Å². The number of hydrogen-bond acceptors (Lipinski definition) is 3. The van der Waals surface area contributed by atoms with Gasteiger partial charge in [0.05, 0.1) is 14.2 Å². The molecule has 0 saturated heterocycles. The Bertz CT molecular complexity index is 523. The molecule has 114 valence electrons. The SMILES string of the molecule is COc1cc(CC2=C(C(=O)O)CCCCC2)cc(OC)c1. The van der Waals surface area contributed by atoms with Gasteiger partial charge in [0.25, 0.3) is 0 Å². The standard InChI is InChI=1S/C17H22O4/c1-20-14-9-12(10-15(11-14)21-2)8-13-6-4-3-5-7-16(13)17(18)19/h9-11H,3-8H2,1-2H3,(H,18,19). The van der Waals surface area contributed by atoms with Crippen molar-refractivity contribution in [2.45, 2.75) is 38.5 Å². The lowest BCUT2D eigenvalue weighted by Crippen LogP contribution is -2.06. The van der Waals surface area contributed by atoms with Crippen LogP contribution in [-0.4, -0.2) is 25.3 Å². The topological polar surface area (TPSA) is 55.8 Å². The summed E-state index contributed by atoms with van der Waals surface area (Å²) in [6.45, 7) is 0. The highest BCUT2D eigenvalue weighted by molar-refractivity contribution is 5.87. The van der Waals surface area contributed by atoms with Crippen LogP contribution in [0.25, 0.3) is 0 Å². The maximum Gasteiger partial charge on any atom is 0.331 e. The van der Waals surface area contributed by atoms with Gasteiger partial charge in [-0.2, -0.15) is 0 Å². The predicted molar refractivity (Wildman–Crippen MR) is 81.0 cm³/mol. The molecule has 1 aromatic rings. The molecule has 0 fully saturated rings. The monoisotopic (exact) mass is 290 g/mol.